The molecule has 1 N–H and O–H groups in total. The van der Waals surface area contributed by atoms with E-state index >= 15 is 0 Å². The number of hydrogen-bond donors (Lipinski definition) is 1. The number of aliphatic hydroxyl groups excluding tert-OH is 1. The van der Waals surface area contributed by atoms with Crippen molar-refractivity contribution < 1.29 is 14.6 Å². The molecule has 0 aromatic rings. The average molecular weight is 335 g/mol. The van der Waals surface area contributed by atoms with Crippen LogP contribution < -0.4 is 0 Å². The summed E-state index contributed by atoms with van der Waals surface area (Å²) in [5, 5.41) is 9.10. The van der Waals surface area contributed by atoms with Gasteiger partial charge in [-0.15, -0.1) is 0 Å². The van der Waals surface area contributed by atoms with E-state index in [2.05, 4.69) is 20.1 Å². The first-order valence-electron chi connectivity index (χ1n) is 8.70. The van der Waals surface area contributed by atoms with Crippen molar-refractivity contribution in [2.45, 2.75) is 64.5 Å². The van der Waals surface area contributed by atoms with E-state index in [1.54, 1.807) is 6.08 Å². The van der Waals surface area contributed by atoms with Gasteiger partial charge >= 0.3 is 6.09 Å². The minimum Gasteiger partial charge on any atom is -0.444 e. The average Bonchev–Trinajstić information content (AvgIpc) is 2.80. The van der Waals surface area contributed by atoms with E-state index in [0.29, 0.717) is 12.5 Å². The number of allylic oxidation sites excluding steroid dienone is 3. The Bertz CT molecular complexity index is 490. The van der Waals surface area contributed by atoms with Gasteiger partial charge in [-0.3, -0.25) is 0 Å². The molecular weight excluding hydrogens is 302 g/mol. The Kier molecular flexibility index (Phi) is 7.27. The van der Waals surface area contributed by atoms with Gasteiger partial charge < -0.3 is 14.7 Å². The summed E-state index contributed by atoms with van der Waals surface area (Å²) in [6.45, 7) is 16.2. The zero-order chi connectivity index (χ0) is 18.4. The minimum atomic E-state index is -0.514. The maximum Gasteiger partial charge on any atom is 0.410 e. The zero-order valence-corrected chi connectivity index (χ0v) is 15.7. The van der Waals surface area contributed by atoms with Crippen LogP contribution in [0.4, 0.5) is 4.79 Å². The van der Waals surface area contributed by atoms with Gasteiger partial charge in [0.2, 0.25) is 0 Å². The standard InChI is InChI=1S/C20H33NO3/c1-7-10-16(8-2)13-20(6)14-17(11-9-12-22)15-21(20)18(23)24-19(3,4)5/h7-8,10,17,22H,1-2,9,11-15H2,3-6H3/b16-10+. The number of likely N-dealkylation sites (tertiary alicyclic amines) is 1. The third-order valence-electron chi connectivity index (χ3n) is 4.38. The summed E-state index contributed by atoms with van der Waals surface area (Å²) in [6, 6.07) is 0. The van der Waals surface area contributed by atoms with Crippen LogP contribution >= 0.6 is 0 Å². The lowest BCUT2D eigenvalue weighted by Gasteiger charge is -2.36. The third-order valence-corrected chi connectivity index (χ3v) is 4.38. The van der Waals surface area contributed by atoms with Gasteiger partial charge in [0.15, 0.2) is 0 Å². The van der Waals surface area contributed by atoms with Crippen LogP contribution in [0.1, 0.15) is 53.4 Å². The molecule has 0 radical (unpaired) electrons. The van der Waals surface area contributed by atoms with Gasteiger partial charge in [0.05, 0.1) is 0 Å². The second-order valence-corrected chi connectivity index (χ2v) is 7.88. The van der Waals surface area contributed by atoms with E-state index in [4.69, 9.17) is 9.84 Å². The number of aliphatic hydroxyl groups is 1. The van der Waals surface area contributed by atoms with Crippen LogP contribution in [-0.2, 0) is 4.74 Å². The number of nitrogens with zero attached hydrogens (tertiary/aromatic N) is 1. The van der Waals surface area contributed by atoms with E-state index in [9.17, 15) is 4.79 Å². The van der Waals surface area contributed by atoms with Crippen LogP contribution in [0.3, 0.4) is 0 Å². The highest BCUT2D eigenvalue weighted by molar-refractivity contribution is 5.70. The summed E-state index contributed by atoms with van der Waals surface area (Å²) in [7, 11) is 0. The van der Waals surface area contributed by atoms with Crippen molar-refractivity contribution >= 4 is 6.09 Å². The second kappa shape index (κ2) is 8.52. The Morgan fingerprint density at radius 1 is 1.42 bits per heavy atom. The maximum absolute atomic E-state index is 12.7. The summed E-state index contributed by atoms with van der Waals surface area (Å²) in [5.41, 5.74) is 0.231. The van der Waals surface area contributed by atoms with Crippen LogP contribution in [0.25, 0.3) is 0 Å². The summed E-state index contributed by atoms with van der Waals surface area (Å²) < 4.78 is 5.62. The highest BCUT2D eigenvalue weighted by Crippen LogP contribution is 2.40. The van der Waals surface area contributed by atoms with Gasteiger partial charge in [0, 0.05) is 18.7 Å². The monoisotopic (exact) mass is 335 g/mol. The summed E-state index contributed by atoms with van der Waals surface area (Å²) >= 11 is 0. The molecule has 0 aromatic heterocycles. The molecule has 1 heterocycles. The van der Waals surface area contributed by atoms with Gasteiger partial charge in [-0.25, -0.2) is 4.79 Å². The molecule has 1 rings (SSSR count). The molecule has 4 nitrogen and oxygen atoms in total. The highest BCUT2D eigenvalue weighted by Gasteiger charge is 2.45. The molecule has 0 bridgehead atoms. The molecule has 24 heavy (non-hydrogen) atoms. The molecule has 1 amide bonds. The Morgan fingerprint density at radius 3 is 2.58 bits per heavy atom. The van der Waals surface area contributed by atoms with Crippen molar-refractivity contribution in [2.75, 3.05) is 13.2 Å². The minimum absolute atomic E-state index is 0.188. The fraction of sp³-hybridized carbons (Fsp3) is 0.650. The topological polar surface area (TPSA) is 49.8 Å². The van der Waals surface area contributed by atoms with Gasteiger partial charge in [-0.2, -0.15) is 0 Å². The van der Waals surface area contributed by atoms with Crippen molar-refractivity contribution in [1.29, 1.82) is 0 Å². The number of rotatable bonds is 7. The molecule has 4 heteroatoms. The van der Waals surface area contributed by atoms with Crippen LogP contribution in [0.5, 0.6) is 0 Å². The molecule has 2 atom stereocenters. The predicted molar refractivity (Wildman–Crippen MR) is 98.9 cm³/mol. The summed E-state index contributed by atoms with van der Waals surface area (Å²) in [4.78, 5) is 14.6. The Labute approximate surface area is 146 Å². The van der Waals surface area contributed by atoms with Crippen molar-refractivity contribution in [3.05, 3.63) is 37.0 Å². The number of carbonyl (C=O) groups is 1. The van der Waals surface area contributed by atoms with Gasteiger partial charge in [-0.05, 0) is 64.9 Å². The molecule has 136 valence electrons. The van der Waals surface area contributed by atoms with E-state index in [-0.39, 0.29) is 18.2 Å². The first kappa shape index (κ1) is 20.5. The van der Waals surface area contributed by atoms with Crippen molar-refractivity contribution in [3.8, 4) is 0 Å². The largest absolute Gasteiger partial charge is 0.444 e. The number of carbonyl (C=O) groups excluding carboxylic acids is 1. The van der Waals surface area contributed by atoms with Crippen LogP contribution in [-0.4, -0.2) is 40.4 Å². The first-order chi connectivity index (χ1) is 11.1. The molecule has 0 aliphatic carbocycles. The Morgan fingerprint density at radius 2 is 2.08 bits per heavy atom. The van der Waals surface area contributed by atoms with Crippen molar-refractivity contribution in [2.24, 2.45) is 5.92 Å². The van der Waals surface area contributed by atoms with E-state index in [0.717, 1.165) is 31.3 Å². The molecule has 0 saturated carbocycles. The van der Waals surface area contributed by atoms with E-state index in [1.165, 1.54) is 0 Å². The summed E-state index contributed by atoms with van der Waals surface area (Å²) in [5.74, 6) is 0.379. The van der Waals surface area contributed by atoms with E-state index < -0.39 is 5.60 Å². The molecule has 2 unspecified atom stereocenters. The third kappa shape index (κ3) is 5.82. The Balaban J connectivity index is 3.00. The molecule has 1 aliphatic rings. The van der Waals surface area contributed by atoms with Crippen LogP contribution in [0.2, 0.25) is 0 Å². The molecular formula is C20H33NO3. The predicted octanol–water partition coefficient (Wildman–Crippen LogP) is 4.46. The molecule has 1 aliphatic heterocycles. The number of hydrogen-bond acceptors (Lipinski definition) is 3. The normalized spacial score (nSPS) is 24.8. The lowest BCUT2D eigenvalue weighted by Crippen LogP contribution is -2.47. The molecule has 0 aromatic carbocycles. The lowest BCUT2D eigenvalue weighted by molar-refractivity contribution is 0.0106. The SMILES string of the molecule is C=C/C=C(\C=C)CC1(C)CC(CCCO)CN1C(=O)OC(C)(C)C. The van der Waals surface area contributed by atoms with Gasteiger partial charge in [0.25, 0.3) is 0 Å². The Hall–Kier alpha value is -1.55. The maximum atomic E-state index is 12.7. The quantitative estimate of drug-likeness (QED) is 0.699. The van der Waals surface area contributed by atoms with E-state index in [1.807, 2.05) is 37.8 Å². The fourth-order valence-electron chi connectivity index (χ4n) is 3.42. The molecule has 1 fully saturated rings. The van der Waals surface area contributed by atoms with Crippen molar-refractivity contribution in [1.82, 2.24) is 4.90 Å². The molecule has 0 spiro atoms. The summed E-state index contributed by atoms with van der Waals surface area (Å²) in [6.07, 6.45) is 8.54. The zero-order valence-electron chi connectivity index (χ0n) is 15.7. The lowest BCUT2D eigenvalue weighted by atomic mass is 9.86. The molecule has 1 saturated heterocycles. The number of ether oxygens (including phenoxy) is 1. The second-order valence-electron chi connectivity index (χ2n) is 7.88. The number of amides is 1. The van der Waals surface area contributed by atoms with Crippen LogP contribution in [0, 0.1) is 5.92 Å². The van der Waals surface area contributed by atoms with Crippen molar-refractivity contribution in [3.63, 3.8) is 0 Å². The van der Waals surface area contributed by atoms with Crippen LogP contribution in [0.15, 0.2) is 37.0 Å². The smallest absolute Gasteiger partial charge is 0.410 e. The fourth-order valence-corrected chi connectivity index (χ4v) is 3.42. The van der Waals surface area contributed by atoms with Gasteiger partial charge in [-0.1, -0.05) is 31.4 Å². The first-order valence-corrected chi connectivity index (χ1v) is 8.70. The van der Waals surface area contributed by atoms with Gasteiger partial charge in [0.1, 0.15) is 5.60 Å². The highest BCUT2D eigenvalue weighted by atomic mass is 16.6.